The molecule has 0 unspecified atom stereocenters. The van der Waals surface area contributed by atoms with Crippen LogP contribution in [0.1, 0.15) is 36.7 Å². The lowest BCUT2D eigenvalue weighted by Gasteiger charge is -2.19. The van der Waals surface area contributed by atoms with Crippen molar-refractivity contribution in [2.24, 2.45) is 0 Å². The van der Waals surface area contributed by atoms with Crippen LogP contribution in [0.15, 0.2) is 42.5 Å². The van der Waals surface area contributed by atoms with Crippen molar-refractivity contribution in [3.63, 3.8) is 0 Å². The first-order valence-electron chi connectivity index (χ1n) is 8.91. The van der Waals surface area contributed by atoms with Crippen LogP contribution < -0.4 is 20.1 Å². The summed E-state index contributed by atoms with van der Waals surface area (Å²) in [4.78, 5) is 24.3. The molecule has 1 heterocycles. The van der Waals surface area contributed by atoms with E-state index in [1.807, 2.05) is 12.1 Å². The average Bonchev–Trinajstić information content (AvgIpc) is 2.65. The number of carbonyl (C=O) groups is 2. The van der Waals surface area contributed by atoms with E-state index in [-0.39, 0.29) is 23.8 Å². The van der Waals surface area contributed by atoms with E-state index in [4.69, 9.17) is 9.47 Å². The second-order valence-corrected chi connectivity index (χ2v) is 7.42. The molecule has 0 aromatic heterocycles. The summed E-state index contributed by atoms with van der Waals surface area (Å²) in [6.45, 7) is 7.23. The Bertz CT molecular complexity index is 838. The Hall–Kier alpha value is -3.02. The zero-order chi connectivity index (χ0) is 19.4. The summed E-state index contributed by atoms with van der Waals surface area (Å²) in [7, 11) is 0. The molecule has 6 heteroatoms. The topological polar surface area (TPSA) is 76.7 Å². The largest absolute Gasteiger partial charge is 0.486 e. The molecule has 0 radical (unpaired) electrons. The molecular weight excluding hydrogens is 344 g/mol. The second kappa shape index (κ2) is 7.70. The maximum atomic E-state index is 12.2. The number of anilines is 1. The van der Waals surface area contributed by atoms with Crippen molar-refractivity contribution in [2.75, 3.05) is 25.1 Å². The van der Waals surface area contributed by atoms with Crippen LogP contribution in [0.25, 0.3) is 0 Å². The molecule has 1 aliphatic heterocycles. The van der Waals surface area contributed by atoms with E-state index in [1.165, 1.54) is 0 Å². The van der Waals surface area contributed by atoms with Gasteiger partial charge in [0.1, 0.15) is 13.2 Å². The maximum absolute atomic E-state index is 12.2. The molecule has 0 saturated carbocycles. The van der Waals surface area contributed by atoms with Crippen molar-refractivity contribution < 1.29 is 19.1 Å². The van der Waals surface area contributed by atoms with Gasteiger partial charge in [-0.3, -0.25) is 9.59 Å². The highest BCUT2D eigenvalue weighted by molar-refractivity contribution is 5.99. The summed E-state index contributed by atoms with van der Waals surface area (Å²) >= 11 is 0. The lowest BCUT2D eigenvalue weighted by Crippen LogP contribution is -2.32. The fraction of sp³-hybridized carbons (Fsp3) is 0.333. The molecule has 3 rings (SSSR count). The van der Waals surface area contributed by atoms with E-state index in [0.29, 0.717) is 36.0 Å². The van der Waals surface area contributed by atoms with E-state index < -0.39 is 0 Å². The molecule has 2 aromatic rings. The van der Waals surface area contributed by atoms with Gasteiger partial charge in [-0.2, -0.15) is 0 Å². The number of ether oxygens (including phenoxy) is 2. The molecule has 0 aliphatic carbocycles. The van der Waals surface area contributed by atoms with Gasteiger partial charge >= 0.3 is 0 Å². The Morgan fingerprint density at radius 2 is 1.63 bits per heavy atom. The fourth-order valence-electron chi connectivity index (χ4n) is 2.71. The number of rotatable bonds is 4. The molecule has 27 heavy (non-hydrogen) atoms. The zero-order valence-electron chi connectivity index (χ0n) is 15.8. The van der Waals surface area contributed by atoms with Crippen molar-refractivity contribution in [2.45, 2.75) is 26.2 Å². The highest BCUT2D eigenvalue weighted by Gasteiger charge is 2.15. The number of amides is 2. The Morgan fingerprint density at radius 3 is 2.30 bits per heavy atom. The maximum Gasteiger partial charge on any atom is 0.251 e. The third kappa shape index (κ3) is 4.78. The van der Waals surface area contributed by atoms with Gasteiger partial charge in [-0.25, -0.2) is 0 Å². The molecule has 0 bridgehead atoms. The molecule has 1 aliphatic rings. The van der Waals surface area contributed by atoms with Gasteiger partial charge in [-0.1, -0.05) is 32.9 Å². The van der Waals surface area contributed by atoms with Crippen LogP contribution in [0.4, 0.5) is 5.69 Å². The van der Waals surface area contributed by atoms with Crippen molar-refractivity contribution in [3.8, 4) is 11.5 Å². The number of benzene rings is 2. The van der Waals surface area contributed by atoms with Crippen LogP contribution in [0.2, 0.25) is 0 Å². The average molecular weight is 368 g/mol. The third-order valence-corrected chi connectivity index (χ3v) is 4.25. The van der Waals surface area contributed by atoms with Gasteiger partial charge in [0.2, 0.25) is 5.91 Å². The van der Waals surface area contributed by atoms with Gasteiger partial charge in [0, 0.05) is 17.3 Å². The molecule has 2 aromatic carbocycles. The third-order valence-electron chi connectivity index (χ3n) is 4.25. The number of nitrogens with one attached hydrogen (secondary N) is 2. The molecule has 6 nitrogen and oxygen atoms in total. The molecule has 2 N–H and O–H groups in total. The summed E-state index contributed by atoms with van der Waals surface area (Å²) in [6, 6.07) is 12.6. The Balaban J connectivity index is 1.53. The van der Waals surface area contributed by atoms with Gasteiger partial charge in [-0.05, 0) is 35.2 Å². The fourth-order valence-corrected chi connectivity index (χ4v) is 2.71. The smallest absolute Gasteiger partial charge is 0.251 e. The number of fused-ring (bicyclic) bond motifs is 1. The molecule has 2 amide bonds. The lowest BCUT2D eigenvalue weighted by atomic mass is 9.87. The van der Waals surface area contributed by atoms with E-state index in [9.17, 15) is 9.59 Å². The minimum Gasteiger partial charge on any atom is -0.486 e. The number of carbonyl (C=O) groups excluding carboxylic acids is 2. The number of hydrogen-bond donors (Lipinski definition) is 2. The molecule has 0 atom stereocenters. The molecule has 0 spiro atoms. The normalized spacial score (nSPS) is 13.0. The predicted molar refractivity (Wildman–Crippen MR) is 104 cm³/mol. The Kier molecular flexibility index (Phi) is 5.35. The van der Waals surface area contributed by atoms with Crippen LogP contribution >= 0.6 is 0 Å². The highest BCUT2D eigenvalue weighted by atomic mass is 16.6. The van der Waals surface area contributed by atoms with E-state index in [1.54, 1.807) is 30.3 Å². The lowest BCUT2D eigenvalue weighted by molar-refractivity contribution is -0.115. The van der Waals surface area contributed by atoms with Gasteiger partial charge in [-0.15, -0.1) is 0 Å². The Morgan fingerprint density at radius 1 is 0.963 bits per heavy atom. The predicted octanol–water partition coefficient (Wildman–Crippen LogP) is 3.12. The SMILES string of the molecule is CC(C)(C)c1ccc(C(=O)NCC(=O)Nc2ccc3c(c2)OCCO3)cc1. The monoisotopic (exact) mass is 368 g/mol. The summed E-state index contributed by atoms with van der Waals surface area (Å²) in [5, 5.41) is 5.37. The standard InChI is InChI=1S/C21H24N2O4/c1-21(2,3)15-6-4-14(5-7-15)20(25)22-13-19(24)23-16-8-9-17-18(12-16)27-11-10-26-17/h4-9,12H,10-11,13H2,1-3H3,(H,22,25)(H,23,24). The molecular formula is C21H24N2O4. The van der Waals surface area contributed by atoms with Gasteiger partial charge in [0.05, 0.1) is 6.54 Å². The molecule has 0 saturated heterocycles. The quantitative estimate of drug-likeness (QED) is 0.869. The summed E-state index contributed by atoms with van der Waals surface area (Å²) < 4.78 is 10.9. The van der Waals surface area contributed by atoms with Gasteiger partial charge < -0.3 is 20.1 Å². The van der Waals surface area contributed by atoms with Crippen molar-refractivity contribution in [1.29, 1.82) is 0 Å². The van der Waals surface area contributed by atoms with Crippen LogP contribution in [0.3, 0.4) is 0 Å². The van der Waals surface area contributed by atoms with Gasteiger partial charge in [0.25, 0.3) is 5.91 Å². The van der Waals surface area contributed by atoms with Crippen LogP contribution in [0, 0.1) is 0 Å². The molecule has 0 fully saturated rings. The summed E-state index contributed by atoms with van der Waals surface area (Å²) in [5.74, 6) is 0.660. The zero-order valence-corrected chi connectivity index (χ0v) is 15.8. The summed E-state index contributed by atoms with van der Waals surface area (Å²) in [5.41, 5.74) is 2.29. The van der Waals surface area contributed by atoms with E-state index in [2.05, 4.69) is 31.4 Å². The van der Waals surface area contributed by atoms with Crippen LogP contribution in [-0.4, -0.2) is 31.6 Å². The highest BCUT2D eigenvalue weighted by Crippen LogP contribution is 2.32. The minimum atomic E-state index is -0.314. The van der Waals surface area contributed by atoms with E-state index >= 15 is 0 Å². The molecule has 142 valence electrons. The number of hydrogen-bond acceptors (Lipinski definition) is 4. The first kappa shape index (κ1) is 18.8. The first-order valence-corrected chi connectivity index (χ1v) is 8.91. The van der Waals surface area contributed by atoms with Crippen LogP contribution in [0.5, 0.6) is 11.5 Å². The van der Waals surface area contributed by atoms with Gasteiger partial charge in [0.15, 0.2) is 11.5 Å². The van der Waals surface area contributed by atoms with Crippen LogP contribution in [-0.2, 0) is 10.2 Å². The minimum absolute atomic E-state index is 0.0263. The Labute approximate surface area is 158 Å². The van der Waals surface area contributed by atoms with Crippen molar-refractivity contribution >= 4 is 17.5 Å². The van der Waals surface area contributed by atoms with Crippen molar-refractivity contribution in [1.82, 2.24) is 5.32 Å². The second-order valence-electron chi connectivity index (χ2n) is 7.42. The summed E-state index contributed by atoms with van der Waals surface area (Å²) in [6.07, 6.45) is 0. The van der Waals surface area contributed by atoms with E-state index in [0.717, 1.165) is 5.56 Å². The first-order chi connectivity index (χ1) is 12.8. The van der Waals surface area contributed by atoms with Crippen molar-refractivity contribution in [3.05, 3.63) is 53.6 Å².